The van der Waals surface area contributed by atoms with E-state index in [9.17, 15) is 4.79 Å². The van der Waals surface area contributed by atoms with E-state index >= 15 is 0 Å². The number of carbonyl (C=O) groups excluding carboxylic acids is 1. The predicted octanol–water partition coefficient (Wildman–Crippen LogP) is 2.65. The molecule has 2 aromatic heterocycles. The van der Waals surface area contributed by atoms with Crippen molar-refractivity contribution in [2.45, 2.75) is 20.8 Å². The van der Waals surface area contributed by atoms with Gasteiger partial charge >= 0.3 is 0 Å². The van der Waals surface area contributed by atoms with Crippen LogP contribution in [-0.4, -0.2) is 20.7 Å². The van der Waals surface area contributed by atoms with Gasteiger partial charge in [0.05, 0.1) is 27.7 Å². The number of hydrogen-bond acceptors (Lipinski definition) is 3. The lowest BCUT2D eigenvalue weighted by Gasteiger charge is -2.07. The summed E-state index contributed by atoms with van der Waals surface area (Å²) in [5.41, 5.74) is 3.50. The van der Waals surface area contributed by atoms with E-state index in [4.69, 9.17) is 11.6 Å². The Kier molecular flexibility index (Phi) is 3.57. The van der Waals surface area contributed by atoms with Gasteiger partial charge in [0.2, 0.25) is 0 Å². The Bertz CT molecular complexity index is 648. The molecule has 0 aliphatic carbocycles. The number of nitrogens with zero attached hydrogens (tertiary/aromatic N) is 3. The van der Waals surface area contributed by atoms with Crippen molar-refractivity contribution in [1.82, 2.24) is 14.8 Å². The topological polar surface area (TPSA) is 59.8 Å². The van der Waals surface area contributed by atoms with Gasteiger partial charge in [0.15, 0.2) is 0 Å². The van der Waals surface area contributed by atoms with Crippen LogP contribution >= 0.6 is 11.6 Å². The van der Waals surface area contributed by atoms with Gasteiger partial charge in [0.25, 0.3) is 5.91 Å². The Balaban J connectivity index is 2.31. The summed E-state index contributed by atoms with van der Waals surface area (Å²) in [4.78, 5) is 16.3. The monoisotopic (exact) mass is 278 g/mol. The number of carbonyl (C=O) groups is 1. The van der Waals surface area contributed by atoms with E-state index in [0.29, 0.717) is 16.3 Å². The number of aryl methyl sites for hydroxylation is 3. The van der Waals surface area contributed by atoms with Crippen LogP contribution < -0.4 is 5.32 Å². The van der Waals surface area contributed by atoms with Crippen molar-refractivity contribution in [1.29, 1.82) is 0 Å². The molecule has 1 N–H and O–H groups in total. The molecule has 5 nitrogen and oxygen atoms in total. The fourth-order valence-corrected chi connectivity index (χ4v) is 2.12. The van der Waals surface area contributed by atoms with E-state index in [0.717, 1.165) is 17.1 Å². The molecule has 6 heteroatoms. The molecule has 0 saturated carbocycles. The van der Waals surface area contributed by atoms with Gasteiger partial charge in [-0.05, 0) is 26.8 Å². The standard InChI is InChI=1S/C13H15ClN4O/c1-7-5-11(14)10(6-15-7)13(19)16-12-8(2)17-18(4)9(12)3/h5-6H,1-4H3,(H,16,19). The van der Waals surface area contributed by atoms with Crippen molar-refractivity contribution >= 4 is 23.2 Å². The van der Waals surface area contributed by atoms with Gasteiger partial charge in [0, 0.05) is 18.9 Å². The summed E-state index contributed by atoms with van der Waals surface area (Å²) in [6.07, 6.45) is 1.48. The number of rotatable bonds is 2. The van der Waals surface area contributed by atoms with Crippen molar-refractivity contribution in [3.05, 3.63) is 39.9 Å². The molecular weight excluding hydrogens is 264 g/mol. The lowest BCUT2D eigenvalue weighted by Crippen LogP contribution is -2.14. The molecule has 0 saturated heterocycles. The van der Waals surface area contributed by atoms with E-state index in [1.165, 1.54) is 6.20 Å². The van der Waals surface area contributed by atoms with Gasteiger partial charge in [-0.2, -0.15) is 5.10 Å². The zero-order valence-electron chi connectivity index (χ0n) is 11.3. The van der Waals surface area contributed by atoms with E-state index in [1.54, 1.807) is 10.7 Å². The minimum Gasteiger partial charge on any atom is -0.319 e. The maximum atomic E-state index is 12.2. The first kappa shape index (κ1) is 13.5. The average molecular weight is 279 g/mol. The average Bonchev–Trinajstić information content (AvgIpc) is 2.56. The van der Waals surface area contributed by atoms with Crippen LogP contribution in [0.25, 0.3) is 0 Å². The third kappa shape index (κ3) is 2.61. The number of aromatic nitrogens is 3. The van der Waals surface area contributed by atoms with Gasteiger partial charge < -0.3 is 5.32 Å². The van der Waals surface area contributed by atoms with Gasteiger partial charge in [-0.3, -0.25) is 14.5 Å². The summed E-state index contributed by atoms with van der Waals surface area (Å²) in [6.45, 7) is 5.56. The lowest BCUT2D eigenvalue weighted by molar-refractivity contribution is 0.102. The Labute approximate surface area is 116 Å². The summed E-state index contributed by atoms with van der Waals surface area (Å²) < 4.78 is 1.72. The number of pyridine rings is 1. The van der Waals surface area contributed by atoms with Crippen molar-refractivity contribution < 1.29 is 4.79 Å². The molecule has 0 bridgehead atoms. The zero-order valence-corrected chi connectivity index (χ0v) is 12.0. The lowest BCUT2D eigenvalue weighted by atomic mass is 10.2. The molecule has 0 fully saturated rings. The highest BCUT2D eigenvalue weighted by Gasteiger charge is 2.16. The highest BCUT2D eigenvalue weighted by atomic mass is 35.5. The highest BCUT2D eigenvalue weighted by molar-refractivity contribution is 6.34. The molecule has 0 aliphatic heterocycles. The molecule has 19 heavy (non-hydrogen) atoms. The minimum absolute atomic E-state index is 0.281. The van der Waals surface area contributed by atoms with Crippen LogP contribution in [0.5, 0.6) is 0 Å². The SMILES string of the molecule is Cc1cc(Cl)c(C(=O)Nc2c(C)nn(C)c2C)cn1. The van der Waals surface area contributed by atoms with Crippen molar-refractivity contribution in [3.63, 3.8) is 0 Å². The molecule has 100 valence electrons. The molecule has 0 unspecified atom stereocenters. The normalized spacial score (nSPS) is 10.6. The van der Waals surface area contributed by atoms with Crippen molar-refractivity contribution in [3.8, 4) is 0 Å². The molecule has 0 aromatic carbocycles. The number of hydrogen-bond donors (Lipinski definition) is 1. The smallest absolute Gasteiger partial charge is 0.258 e. The van der Waals surface area contributed by atoms with Gasteiger partial charge in [-0.25, -0.2) is 0 Å². The van der Waals surface area contributed by atoms with Crippen LogP contribution in [0, 0.1) is 20.8 Å². The van der Waals surface area contributed by atoms with Gasteiger partial charge in [-0.1, -0.05) is 11.6 Å². The van der Waals surface area contributed by atoms with E-state index < -0.39 is 0 Å². The third-order valence-electron chi connectivity index (χ3n) is 2.98. The molecule has 0 radical (unpaired) electrons. The highest BCUT2D eigenvalue weighted by Crippen LogP contribution is 2.21. The summed E-state index contributed by atoms with van der Waals surface area (Å²) in [6, 6.07) is 1.67. The second kappa shape index (κ2) is 5.01. The maximum Gasteiger partial charge on any atom is 0.258 e. The summed E-state index contributed by atoms with van der Waals surface area (Å²) in [5.74, 6) is -0.281. The van der Waals surface area contributed by atoms with Crippen molar-refractivity contribution in [2.75, 3.05) is 5.32 Å². The molecule has 2 rings (SSSR count). The zero-order chi connectivity index (χ0) is 14.2. The molecular formula is C13H15ClN4O. The Hall–Kier alpha value is -1.88. The van der Waals surface area contributed by atoms with Crippen molar-refractivity contribution in [2.24, 2.45) is 7.05 Å². The summed E-state index contributed by atoms with van der Waals surface area (Å²) >= 11 is 6.05. The molecule has 0 atom stereocenters. The first-order valence-corrected chi connectivity index (χ1v) is 6.21. The Morgan fingerprint density at radius 3 is 2.58 bits per heavy atom. The Morgan fingerprint density at radius 2 is 2.05 bits per heavy atom. The van der Waals surface area contributed by atoms with E-state index in [2.05, 4.69) is 15.4 Å². The first-order valence-electron chi connectivity index (χ1n) is 5.84. The fraction of sp³-hybridized carbons (Fsp3) is 0.308. The van der Waals surface area contributed by atoms with E-state index in [1.807, 2.05) is 27.8 Å². The van der Waals surface area contributed by atoms with Crippen LogP contribution in [0.4, 0.5) is 5.69 Å². The second-order valence-electron chi connectivity index (χ2n) is 4.43. The largest absolute Gasteiger partial charge is 0.319 e. The Morgan fingerprint density at radius 1 is 1.37 bits per heavy atom. The molecule has 0 spiro atoms. The number of halogens is 1. The molecule has 2 aromatic rings. The molecule has 2 heterocycles. The number of anilines is 1. The van der Waals surface area contributed by atoms with Crippen LogP contribution in [-0.2, 0) is 7.05 Å². The molecule has 1 amide bonds. The number of nitrogens with one attached hydrogen (secondary N) is 1. The van der Waals surface area contributed by atoms with Crippen LogP contribution in [0.15, 0.2) is 12.3 Å². The predicted molar refractivity (Wildman–Crippen MR) is 74.6 cm³/mol. The van der Waals surface area contributed by atoms with Crippen LogP contribution in [0.3, 0.4) is 0 Å². The fourth-order valence-electron chi connectivity index (χ4n) is 1.83. The second-order valence-corrected chi connectivity index (χ2v) is 4.84. The first-order chi connectivity index (χ1) is 8.90. The van der Waals surface area contributed by atoms with Gasteiger partial charge in [-0.15, -0.1) is 0 Å². The van der Waals surface area contributed by atoms with Crippen LogP contribution in [0.1, 0.15) is 27.4 Å². The maximum absolute atomic E-state index is 12.2. The summed E-state index contributed by atoms with van der Waals surface area (Å²) in [5, 5.41) is 7.47. The molecule has 0 aliphatic rings. The van der Waals surface area contributed by atoms with Gasteiger partial charge in [0.1, 0.15) is 0 Å². The summed E-state index contributed by atoms with van der Waals surface area (Å²) in [7, 11) is 1.83. The van der Waals surface area contributed by atoms with Crippen LogP contribution in [0.2, 0.25) is 5.02 Å². The number of amides is 1. The van der Waals surface area contributed by atoms with E-state index in [-0.39, 0.29) is 5.91 Å². The minimum atomic E-state index is -0.281. The third-order valence-corrected chi connectivity index (χ3v) is 3.30. The quantitative estimate of drug-likeness (QED) is 0.919.